The molecule has 0 aromatic carbocycles. The van der Waals surface area contributed by atoms with Gasteiger partial charge in [0.1, 0.15) is 0 Å². The van der Waals surface area contributed by atoms with Crippen molar-refractivity contribution < 1.29 is 0 Å². The molecule has 0 aliphatic carbocycles. The minimum atomic E-state index is 0.428. The van der Waals surface area contributed by atoms with Crippen molar-refractivity contribution >= 4 is 23.1 Å². The standard InChI is InChI=1S/C15H26N2S2/c1-15(2)7-9-18-11-14(15)16-10-12(17(3)4)13-6-5-8-19-13/h5-6,8,12,14,16H,7,9-11H2,1-4H3. The maximum atomic E-state index is 3.83. The first-order valence-corrected chi connectivity index (χ1v) is 9.05. The van der Waals surface area contributed by atoms with Gasteiger partial charge in [-0.15, -0.1) is 11.3 Å². The van der Waals surface area contributed by atoms with Crippen molar-refractivity contribution in [3.05, 3.63) is 22.4 Å². The zero-order chi connectivity index (χ0) is 13.9. The molecular weight excluding hydrogens is 272 g/mol. The summed E-state index contributed by atoms with van der Waals surface area (Å²) in [6, 6.07) is 5.52. The molecule has 2 heterocycles. The van der Waals surface area contributed by atoms with E-state index in [4.69, 9.17) is 0 Å². The number of nitrogens with one attached hydrogen (secondary N) is 1. The first-order valence-electron chi connectivity index (χ1n) is 7.01. The molecule has 0 amide bonds. The molecule has 2 rings (SSSR count). The highest BCUT2D eigenvalue weighted by atomic mass is 32.2. The minimum absolute atomic E-state index is 0.428. The lowest BCUT2D eigenvalue weighted by Crippen LogP contribution is -2.48. The van der Waals surface area contributed by atoms with Crippen LogP contribution < -0.4 is 5.32 Å². The van der Waals surface area contributed by atoms with Gasteiger partial charge < -0.3 is 10.2 Å². The van der Waals surface area contributed by atoms with E-state index >= 15 is 0 Å². The summed E-state index contributed by atoms with van der Waals surface area (Å²) >= 11 is 3.95. The fourth-order valence-corrected chi connectivity index (χ4v) is 5.11. The third-order valence-corrected chi connectivity index (χ3v) is 6.21. The van der Waals surface area contributed by atoms with E-state index in [2.05, 4.69) is 67.4 Å². The smallest absolute Gasteiger partial charge is 0.0561 e. The normalized spacial score (nSPS) is 24.6. The van der Waals surface area contributed by atoms with Crippen LogP contribution in [0.1, 0.15) is 31.2 Å². The van der Waals surface area contributed by atoms with Crippen molar-refractivity contribution in [3.8, 4) is 0 Å². The Labute approximate surface area is 126 Å². The second-order valence-electron chi connectivity index (χ2n) is 6.27. The Hall–Kier alpha value is -0.0300. The molecule has 19 heavy (non-hydrogen) atoms. The highest BCUT2D eigenvalue weighted by Crippen LogP contribution is 2.34. The molecule has 1 aromatic rings. The van der Waals surface area contributed by atoms with Crippen LogP contribution in [0.15, 0.2) is 17.5 Å². The predicted octanol–water partition coefficient (Wildman–Crippen LogP) is 3.47. The molecule has 1 N–H and O–H groups in total. The lowest BCUT2D eigenvalue weighted by molar-refractivity contribution is 0.217. The summed E-state index contributed by atoms with van der Waals surface area (Å²) in [5, 5.41) is 6.00. The van der Waals surface area contributed by atoms with Crippen molar-refractivity contribution in [3.63, 3.8) is 0 Å². The highest BCUT2D eigenvalue weighted by molar-refractivity contribution is 7.99. The SMILES string of the molecule is CN(C)C(CNC1CSCCC1(C)C)c1cccs1. The van der Waals surface area contributed by atoms with Crippen LogP contribution in [0.5, 0.6) is 0 Å². The number of hydrogen-bond acceptors (Lipinski definition) is 4. The van der Waals surface area contributed by atoms with Crippen LogP contribution >= 0.6 is 23.1 Å². The maximum absolute atomic E-state index is 3.83. The number of thioether (sulfide) groups is 1. The monoisotopic (exact) mass is 298 g/mol. The molecule has 4 heteroatoms. The van der Waals surface area contributed by atoms with E-state index in [9.17, 15) is 0 Å². The van der Waals surface area contributed by atoms with Gasteiger partial charge in [-0.2, -0.15) is 11.8 Å². The van der Waals surface area contributed by atoms with E-state index < -0.39 is 0 Å². The molecule has 2 atom stereocenters. The van der Waals surface area contributed by atoms with E-state index in [1.54, 1.807) is 0 Å². The fourth-order valence-electron chi connectivity index (χ4n) is 2.54. The second kappa shape index (κ2) is 6.61. The Morgan fingerprint density at radius 3 is 2.84 bits per heavy atom. The lowest BCUT2D eigenvalue weighted by Gasteiger charge is -2.40. The van der Waals surface area contributed by atoms with Gasteiger partial charge in [0.25, 0.3) is 0 Å². The average molecular weight is 299 g/mol. The quantitative estimate of drug-likeness (QED) is 0.896. The van der Waals surface area contributed by atoms with Crippen molar-refractivity contribution in [2.75, 3.05) is 32.1 Å². The Kier molecular flexibility index (Phi) is 5.35. The summed E-state index contributed by atoms with van der Waals surface area (Å²) in [5.41, 5.74) is 0.428. The van der Waals surface area contributed by atoms with Gasteiger partial charge in [-0.25, -0.2) is 0 Å². The Balaban J connectivity index is 1.95. The summed E-state index contributed by atoms with van der Waals surface area (Å²) < 4.78 is 0. The summed E-state index contributed by atoms with van der Waals surface area (Å²) in [6.45, 7) is 5.85. The van der Waals surface area contributed by atoms with Crippen LogP contribution in [0.4, 0.5) is 0 Å². The van der Waals surface area contributed by atoms with Crippen molar-refractivity contribution in [2.24, 2.45) is 5.41 Å². The number of nitrogens with zero attached hydrogens (tertiary/aromatic N) is 1. The molecule has 0 radical (unpaired) electrons. The second-order valence-corrected chi connectivity index (χ2v) is 8.40. The molecular formula is C15H26N2S2. The average Bonchev–Trinajstić information content (AvgIpc) is 2.84. The summed E-state index contributed by atoms with van der Waals surface area (Å²) in [5.74, 6) is 2.56. The number of likely N-dealkylation sites (N-methyl/N-ethyl adjacent to an activating group) is 1. The highest BCUT2D eigenvalue weighted by Gasteiger charge is 2.32. The number of thiophene rings is 1. The minimum Gasteiger partial charge on any atom is -0.311 e. The molecule has 108 valence electrons. The first kappa shape index (κ1) is 15.4. The summed E-state index contributed by atoms with van der Waals surface area (Å²) in [4.78, 5) is 3.78. The van der Waals surface area contributed by atoms with Crippen LogP contribution in [-0.2, 0) is 0 Å². The molecule has 0 spiro atoms. The third-order valence-electron chi connectivity index (χ3n) is 4.17. The van der Waals surface area contributed by atoms with Gasteiger partial charge in [0.15, 0.2) is 0 Å². The van der Waals surface area contributed by atoms with E-state index in [-0.39, 0.29) is 0 Å². The van der Waals surface area contributed by atoms with Gasteiger partial charge in [0.05, 0.1) is 6.04 Å². The molecule has 1 saturated heterocycles. The Morgan fingerprint density at radius 1 is 1.47 bits per heavy atom. The van der Waals surface area contributed by atoms with Gasteiger partial charge in [0, 0.05) is 23.2 Å². The molecule has 2 unspecified atom stereocenters. The summed E-state index contributed by atoms with van der Waals surface area (Å²) in [7, 11) is 4.35. The molecule has 0 bridgehead atoms. The van der Waals surface area contributed by atoms with E-state index in [1.807, 2.05) is 11.3 Å². The predicted molar refractivity (Wildman–Crippen MR) is 88.3 cm³/mol. The number of hydrogen-bond donors (Lipinski definition) is 1. The molecule has 1 aliphatic heterocycles. The molecule has 0 saturated carbocycles. The first-order chi connectivity index (χ1) is 9.00. The van der Waals surface area contributed by atoms with Gasteiger partial charge >= 0.3 is 0 Å². The van der Waals surface area contributed by atoms with Crippen molar-refractivity contribution in [2.45, 2.75) is 32.4 Å². The lowest BCUT2D eigenvalue weighted by atomic mass is 9.82. The molecule has 1 aliphatic rings. The van der Waals surface area contributed by atoms with Gasteiger partial charge in [-0.3, -0.25) is 0 Å². The van der Waals surface area contributed by atoms with Gasteiger partial charge in [0.2, 0.25) is 0 Å². The molecule has 1 aromatic heterocycles. The van der Waals surface area contributed by atoms with Crippen LogP contribution in [0, 0.1) is 5.41 Å². The molecule has 1 fully saturated rings. The van der Waals surface area contributed by atoms with Crippen molar-refractivity contribution in [1.82, 2.24) is 10.2 Å². The topological polar surface area (TPSA) is 15.3 Å². The number of rotatable bonds is 5. The van der Waals surface area contributed by atoms with E-state index in [0.29, 0.717) is 17.5 Å². The van der Waals surface area contributed by atoms with E-state index in [1.165, 1.54) is 22.8 Å². The molecule has 2 nitrogen and oxygen atoms in total. The summed E-state index contributed by atoms with van der Waals surface area (Å²) in [6.07, 6.45) is 1.32. The van der Waals surface area contributed by atoms with Crippen LogP contribution in [0.3, 0.4) is 0 Å². The van der Waals surface area contributed by atoms with Gasteiger partial charge in [-0.1, -0.05) is 19.9 Å². The van der Waals surface area contributed by atoms with Crippen molar-refractivity contribution in [1.29, 1.82) is 0 Å². The fraction of sp³-hybridized carbons (Fsp3) is 0.733. The van der Waals surface area contributed by atoms with Gasteiger partial charge in [-0.05, 0) is 43.1 Å². The van der Waals surface area contributed by atoms with E-state index in [0.717, 1.165) is 6.54 Å². The van der Waals surface area contributed by atoms with Crippen LogP contribution in [-0.4, -0.2) is 43.1 Å². The van der Waals surface area contributed by atoms with Crippen LogP contribution in [0.2, 0.25) is 0 Å². The third kappa shape index (κ3) is 3.97. The largest absolute Gasteiger partial charge is 0.311 e. The van der Waals surface area contributed by atoms with Crippen LogP contribution in [0.25, 0.3) is 0 Å². The Bertz CT molecular complexity index is 374. The zero-order valence-electron chi connectivity index (χ0n) is 12.5. The zero-order valence-corrected chi connectivity index (χ0v) is 14.1. The maximum Gasteiger partial charge on any atom is 0.0561 e. The Morgan fingerprint density at radius 2 is 2.26 bits per heavy atom.